The molecule has 4 aromatic rings. The number of benzene rings is 3. The molecule has 0 bridgehead atoms. The summed E-state index contributed by atoms with van der Waals surface area (Å²) in [4.78, 5) is 38.4. The van der Waals surface area contributed by atoms with Crippen LogP contribution in [-0.4, -0.2) is 59.2 Å². The topological polar surface area (TPSA) is 98.7 Å². The molecule has 1 amide bonds. The van der Waals surface area contributed by atoms with Crippen molar-refractivity contribution >= 4 is 35.1 Å². The lowest BCUT2D eigenvalue weighted by molar-refractivity contribution is -0.139. The van der Waals surface area contributed by atoms with Crippen LogP contribution >= 0.6 is 11.6 Å². The first-order valence-corrected chi connectivity index (χ1v) is 13.8. The summed E-state index contributed by atoms with van der Waals surface area (Å²) in [7, 11) is 0. The summed E-state index contributed by atoms with van der Waals surface area (Å²) in [5.41, 5.74) is 0.928. The van der Waals surface area contributed by atoms with E-state index < -0.39 is 29.7 Å². The van der Waals surface area contributed by atoms with Crippen LogP contribution in [0.5, 0.6) is 0 Å². The lowest BCUT2D eigenvalue weighted by Gasteiger charge is -2.36. The Balaban J connectivity index is 1.44. The first kappa shape index (κ1) is 29.8. The van der Waals surface area contributed by atoms with Crippen LogP contribution in [0.15, 0.2) is 84.9 Å². The van der Waals surface area contributed by atoms with Crippen molar-refractivity contribution in [2.75, 3.05) is 36.0 Å². The van der Waals surface area contributed by atoms with E-state index >= 15 is 0 Å². The van der Waals surface area contributed by atoms with E-state index in [1.807, 2.05) is 35.2 Å². The SMILES string of the molecule is O=C(N[C@H](Cc1ccc(Cl)cc1)C(=O)O)c1cc(-c2cccc(C(F)(F)F)c2)nc(N2CCN(c3ccccc3)CC2)n1. The number of hydrogen-bond acceptors (Lipinski definition) is 6. The van der Waals surface area contributed by atoms with Gasteiger partial charge in [-0.05, 0) is 48.0 Å². The largest absolute Gasteiger partial charge is 0.480 e. The molecule has 0 aliphatic carbocycles. The van der Waals surface area contributed by atoms with Gasteiger partial charge in [0.05, 0.1) is 11.3 Å². The Bertz CT molecular complexity index is 1590. The van der Waals surface area contributed by atoms with Crippen molar-refractivity contribution in [1.29, 1.82) is 0 Å². The molecule has 1 fully saturated rings. The molecule has 0 radical (unpaired) electrons. The number of para-hydroxylation sites is 1. The lowest BCUT2D eigenvalue weighted by atomic mass is 10.1. The number of piperazine rings is 1. The number of aliphatic carboxylic acids is 1. The monoisotopic (exact) mass is 609 g/mol. The molecule has 1 atom stereocenters. The fourth-order valence-corrected chi connectivity index (χ4v) is 4.91. The van der Waals surface area contributed by atoms with Crippen molar-refractivity contribution in [1.82, 2.24) is 15.3 Å². The highest BCUT2D eigenvalue weighted by molar-refractivity contribution is 6.30. The summed E-state index contributed by atoms with van der Waals surface area (Å²) in [5.74, 6) is -1.88. The quantitative estimate of drug-likeness (QED) is 0.270. The number of carbonyl (C=O) groups excluding carboxylic acids is 1. The first-order valence-electron chi connectivity index (χ1n) is 13.5. The number of halogens is 4. The van der Waals surface area contributed by atoms with Crippen molar-refractivity contribution in [3.05, 3.63) is 107 Å². The molecule has 8 nitrogen and oxygen atoms in total. The van der Waals surface area contributed by atoms with Gasteiger partial charge < -0.3 is 20.2 Å². The van der Waals surface area contributed by atoms with Gasteiger partial charge in [-0.15, -0.1) is 0 Å². The number of aromatic nitrogens is 2. The Hall–Kier alpha value is -4.64. The molecule has 5 rings (SSSR count). The number of carboxylic acid groups (broad SMARTS) is 1. The van der Waals surface area contributed by atoms with Gasteiger partial charge in [0.25, 0.3) is 5.91 Å². The first-order chi connectivity index (χ1) is 20.6. The number of carboxylic acids is 1. The minimum absolute atomic E-state index is 0.0158. The third kappa shape index (κ3) is 7.42. The molecule has 12 heteroatoms. The number of hydrogen-bond donors (Lipinski definition) is 2. The highest BCUT2D eigenvalue weighted by atomic mass is 35.5. The van der Waals surface area contributed by atoms with Crippen LogP contribution in [0, 0.1) is 0 Å². The number of amides is 1. The highest BCUT2D eigenvalue weighted by Crippen LogP contribution is 2.32. The average Bonchev–Trinajstić information content (AvgIpc) is 3.01. The van der Waals surface area contributed by atoms with Gasteiger partial charge in [-0.3, -0.25) is 4.79 Å². The molecule has 0 saturated carbocycles. The van der Waals surface area contributed by atoms with Crippen LogP contribution in [0.4, 0.5) is 24.8 Å². The molecule has 2 heterocycles. The van der Waals surface area contributed by atoms with E-state index in [1.165, 1.54) is 18.2 Å². The smallest absolute Gasteiger partial charge is 0.416 e. The molecule has 0 spiro atoms. The zero-order valence-corrected chi connectivity index (χ0v) is 23.5. The summed E-state index contributed by atoms with van der Waals surface area (Å²) >= 11 is 5.92. The minimum atomic E-state index is -4.57. The van der Waals surface area contributed by atoms with Crippen molar-refractivity contribution < 1.29 is 27.9 Å². The number of nitrogens with zero attached hydrogens (tertiary/aromatic N) is 4. The maximum atomic E-state index is 13.5. The van der Waals surface area contributed by atoms with Gasteiger partial charge in [-0.1, -0.05) is 54.1 Å². The van der Waals surface area contributed by atoms with E-state index in [2.05, 4.69) is 20.2 Å². The summed E-state index contributed by atoms with van der Waals surface area (Å²) in [6, 6.07) is 21.0. The Kier molecular flexibility index (Phi) is 8.81. The van der Waals surface area contributed by atoms with Gasteiger partial charge in [0, 0.05) is 48.9 Å². The zero-order valence-electron chi connectivity index (χ0n) is 22.8. The fourth-order valence-electron chi connectivity index (χ4n) is 4.79. The number of anilines is 2. The molecule has 3 aromatic carbocycles. The molecule has 1 saturated heterocycles. The summed E-state index contributed by atoms with van der Waals surface area (Å²) in [6.07, 6.45) is -4.59. The highest BCUT2D eigenvalue weighted by Gasteiger charge is 2.31. The normalized spacial score (nSPS) is 14.3. The molecule has 43 heavy (non-hydrogen) atoms. The summed E-state index contributed by atoms with van der Waals surface area (Å²) in [6.45, 7) is 2.25. The average molecular weight is 610 g/mol. The molecule has 1 aliphatic rings. The molecule has 0 unspecified atom stereocenters. The van der Waals surface area contributed by atoms with Gasteiger partial charge in [-0.2, -0.15) is 13.2 Å². The maximum Gasteiger partial charge on any atom is 0.416 e. The van der Waals surface area contributed by atoms with E-state index in [1.54, 1.807) is 24.3 Å². The predicted octanol–water partition coefficient (Wildman–Crippen LogP) is 5.57. The maximum absolute atomic E-state index is 13.5. The molecular formula is C31H27ClF3N5O3. The third-order valence-electron chi connectivity index (χ3n) is 7.07. The molecule has 1 aromatic heterocycles. The van der Waals surface area contributed by atoms with Crippen LogP contribution in [0.3, 0.4) is 0 Å². The Morgan fingerprint density at radius 3 is 2.21 bits per heavy atom. The molecular weight excluding hydrogens is 583 g/mol. The fraction of sp³-hybridized carbons (Fsp3) is 0.226. The van der Waals surface area contributed by atoms with Crippen LogP contribution in [0.25, 0.3) is 11.3 Å². The molecule has 222 valence electrons. The van der Waals surface area contributed by atoms with Gasteiger partial charge in [0.15, 0.2) is 0 Å². The van der Waals surface area contributed by atoms with Gasteiger partial charge >= 0.3 is 12.1 Å². The number of carbonyl (C=O) groups is 2. The predicted molar refractivity (Wildman–Crippen MR) is 157 cm³/mol. The molecule has 2 N–H and O–H groups in total. The second-order valence-electron chi connectivity index (χ2n) is 10.0. The Morgan fingerprint density at radius 2 is 1.56 bits per heavy atom. The zero-order chi connectivity index (χ0) is 30.6. The van der Waals surface area contributed by atoms with Crippen molar-refractivity contribution in [3.8, 4) is 11.3 Å². The minimum Gasteiger partial charge on any atom is -0.480 e. The van der Waals surface area contributed by atoms with E-state index in [0.29, 0.717) is 36.8 Å². The van der Waals surface area contributed by atoms with Crippen LogP contribution < -0.4 is 15.1 Å². The molecule has 1 aliphatic heterocycles. The lowest BCUT2D eigenvalue weighted by Crippen LogP contribution is -2.47. The van der Waals surface area contributed by atoms with Crippen molar-refractivity contribution in [3.63, 3.8) is 0 Å². The second-order valence-corrected chi connectivity index (χ2v) is 10.5. The van der Waals surface area contributed by atoms with Gasteiger partial charge in [0.2, 0.25) is 5.95 Å². The van der Waals surface area contributed by atoms with Gasteiger partial charge in [0.1, 0.15) is 11.7 Å². The number of rotatable bonds is 8. The van der Waals surface area contributed by atoms with Crippen molar-refractivity contribution in [2.24, 2.45) is 0 Å². The summed E-state index contributed by atoms with van der Waals surface area (Å²) in [5, 5.41) is 12.8. The summed E-state index contributed by atoms with van der Waals surface area (Å²) < 4.78 is 40.5. The van der Waals surface area contributed by atoms with Crippen LogP contribution in [0.1, 0.15) is 21.6 Å². The van der Waals surface area contributed by atoms with E-state index in [0.717, 1.165) is 17.8 Å². The Labute approximate surface area is 250 Å². The Morgan fingerprint density at radius 1 is 0.884 bits per heavy atom. The number of alkyl halides is 3. The van der Waals surface area contributed by atoms with Gasteiger partial charge in [-0.25, -0.2) is 14.8 Å². The number of nitrogens with one attached hydrogen (secondary N) is 1. The van der Waals surface area contributed by atoms with Crippen LogP contribution in [0.2, 0.25) is 5.02 Å². The second kappa shape index (κ2) is 12.7. The van der Waals surface area contributed by atoms with E-state index in [4.69, 9.17) is 11.6 Å². The van der Waals surface area contributed by atoms with E-state index in [-0.39, 0.29) is 29.3 Å². The third-order valence-corrected chi connectivity index (χ3v) is 7.32. The standard InChI is InChI=1S/C31H27ClF3N5O3/c32-23-11-9-20(10-12-23)17-27(29(42)43)36-28(41)26-19-25(21-5-4-6-22(18-21)31(33,34)35)37-30(38-26)40-15-13-39(14-16-40)24-7-2-1-3-8-24/h1-12,18-19,27H,13-17H2,(H,36,41)(H,42,43)/t27-/m1/s1. The van der Waals surface area contributed by atoms with E-state index in [9.17, 15) is 27.9 Å². The van der Waals surface area contributed by atoms with Crippen LogP contribution in [-0.2, 0) is 17.4 Å². The van der Waals surface area contributed by atoms with Crippen molar-refractivity contribution in [2.45, 2.75) is 18.6 Å².